The summed E-state index contributed by atoms with van der Waals surface area (Å²) in [4.78, 5) is 35.6. The molecule has 0 saturated carbocycles. The van der Waals surface area contributed by atoms with E-state index < -0.39 is 17.8 Å². The number of para-hydroxylation sites is 2. The molecule has 0 fully saturated rings. The van der Waals surface area contributed by atoms with Gasteiger partial charge in [-0.3, -0.25) is 9.59 Å². The summed E-state index contributed by atoms with van der Waals surface area (Å²) < 4.78 is 10.0. The highest BCUT2D eigenvalue weighted by Crippen LogP contribution is 2.23. The van der Waals surface area contributed by atoms with Crippen LogP contribution < -0.4 is 15.4 Å². The minimum absolute atomic E-state index is 0.290. The van der Waals surface area contributed by atoms with Gasteiger partial charge >= 0.3 is 5.97 Å². The number of nitrogens with one attached hydrogen (secondary N) is 2. The Bertz CT molecular complexity index is 787. The van der Waals surface area contributed by atoms with Gasteiger partial charge in [0, 0.05) is 5.69 Å². The van der Waals surface area contributed by atoms with Gasteiger partial charge in [0.1, 0.15) is 12.2 Å². The Morgan fingerprint density at radius 1 is 0.923 bits per heavy atom. The molecule has 0 aromatic heterocycles. The largest absolute Gasteiger partial charge is 0.495 e. The number of carbonyl (C=O) groups excluding carboxylic acids is 3. The van der Waals surface area contributed by atoms with Crippen molar-refractivity contribution in [3.63, 3.8) is 0 Å². The smallest absolute Gasteiger partial charge is 0.338 e. The van der Waals surface area contributed by atoms with E-state index in [0.717, 1.165) is 0 Å². The molecule has 2 amide bonds. The van der Waals surface area contributed by atoms with Crippen molar-refractivity contribution < 1.29 is 23.9 Å². The van der Waals surface area contributed by atoms with Crippen LogP contribution in [0.2, 0.25) is 0 Å². The standard InChI is InChI=1S/C19H20N2O5/c1-3-26-19(24)13-8-10-14(11-9-13)20-17(22)12-18(23)21-15-6-4-5-7-16(15)25-2/h4-11H,3,12H2,1-2H3,(H,20,22)(H,21,23). The minimum atomic E-state index is -0.471. The van der Waals surface area contributed by atoms with E-state index in [-0.39, 0.29) is 6.42 Å². The molecule has 0 aliphatic heterocycles. The maximum atomic E-state index is 12.0. The predicted octanol–water partition coefficient (Wildman–Crippen LogP) is 2.84. The summed E-state index contributed by atoms with van der Waals surface area (Å²) >= 11 is 0. The van der Waals surface area contributed by atoms with Crippen molar-refractivity contribution >= 4 is 29.2 Å². The number of hydrogen-bond acceptors (Lipinski definition) is 5. The van der Waals surface area contributed by atoms with Crippen molar-refractivity contribution in [3.05, 3.63) is 54.1 Å². The normalized spacial score (nSPS) is 9.92. The Kier molecular flexibility index (Phi) is 6.73. The first-order valence-electron chi connectivity index (χ1n) is 8.03. The number of methoxy groups -OCH3 is 1. The first-order chi connectivity index (χ1) is 12.5. The Morgan fingerprint density at radius 3 is 2.23 bits per heavy atom. The van der Waals surface area contributed by atoms with Crippen LogP contribution in [0.3, 0.4) is 0 Å². The highest BCUT2D eigenvalue weighted by molar-refractivity contribution is 6.08. The zero-order chi connectivity index (χ0) is 18.9. The molecule has 26 heavy (non-hydrogen) atoms. The van der Waals surface area contributed by atoms with Crippen LogP contribution in [0.5, 0.6) is 5.75 Å². The second-order valence-corrected chi connectivity index (χ2v) is 5.27. The van der Waals surface area contributed by atoms with E-state index in [1.165, 1.54) is 7.11 Å². The summed E-state index contributed by atoms with van der Waals surface area (Å²) in [7, 11) is 1.50. The summed E-state index contributed by atoms with van der Waals surface area (Å²) in [6.07, 6.45) is -0.350. The monoisotopic (exact) mass is 356 g/mol. The fourth-order valence-corrected chi connectivity index (χ4v) is 2.20. The van der Waals surface area contributed by atoms with Crippen molar-refractivity contribution in [3.8, 4) is 5.75 Å². The molecule has 0 spiro atoms. The summed E-state index contributed by atoms with van der Waals surface area (Å²) in [5, 5.41) is 5.23. The van der Waals surface area contributed by atoms with E-state index in [0.29, 0.717) is 29.3 Å². The summed E-state index contributed by atoms with van der Waals surface area (Å²) in [5.41, 5.74) is 1.36. The number of carbonyl (C=O) groups is 3. The number of ether oxygens (including phenoxy) is 2. The molecule has 2 aromatic carbocycles. The highest BCUT2D eigenvalue weighted by Gasteiger charge is 2.12. The lowest BCUT2D eigenvalue weighted by molar-refractivity contribution is -0.123. The third kappa shape index (κ3) is 5.34. The van der Waals surface area contributed by atoms with Crippen molar-refractivity contribution in [2.45, 2.75) is 13.3 Å². The lowest BCUT2D eigenvalue weighted by atomic mass is 10.2. The molecular weight excluding hydrogens is 336 g/mol. The summed E-state index contributed by atoms with van der Waals surface area (Å²) in [6, 6.07) is 13.2. The molecule has 0 heterocycles. The fourth-order valence-electron chi connectivity index (χ4n) is 2.20. The first-order valence-corrected chi connectivity index (χ1v) is 8.03. The van der Waals surface area contributed by atoms with E-state index in [4.69, 9.17) is 9.47 Å². The summed E-state index contributed by atoms with van der Waals surface area (Å²) in [6.45, 7) is 2.02. The molecule has 2 rings (SSSR count). The number of hydrogen-bond donors (Lipinski definition) is 2. The minimum Gasteiger partial charge on any atom is -0.495 e. The number of esters is 1. The van der Waals surface area contributed by atoms with Gasteiger partial charge in [-0.25, -0.2) is 4.79 Å². The van der Waals surface area contributed by atoms with Gasteiger partial charge in [0.05, 0.1) is 25.0 Å². The molecule has 0 aliphatic carbocycles. The zero-order valence-electron chi connectivity index (χ0n) is 14.6. The average molecular weight is 356 g/mol. The van der Waals surface area contributed by atoms with Gasteiger partial charge < -0.3 is 20.1 Å². The zero-order valence-corrected chi connectivity index (χ0v) is 14.6. The quantitative estimate of drug-likeness (QED) is 0.588. The number of anilines is 2. The molecule has 2 N–H and O–H groups in total. The Labute approximate surface area is 151 Å². The molecule has 0 radical (unpaired) electrons. The van der Waals surface area contributed by atoms with Crippen molar-refractivity contribution in [1.82, 2.24) is 0 Å². The van der Waals surface area contributed by atoms with Crippen LogP contribution in [0.15, 0.2) is 48.5 Å². The topological polar surface area (TPSA) is 93.7 Å². The lowest BCUT2D eigenvalue weighted by Gasteiger charge is -2.10. The molecule has 2 aromatic rings. The highest BCUT2D eigenvalue weighted by atomic mass is 16.5. The van der Waals surface area contributed by atoms with Crippen LogP contribution in [-0.2, 0) is 14.3 Å². The van der Waals surface area contributed by atoms with Crippen molar-refractivity contribution in [2.24, 2.45) is 0 Å². The Morgan fingerprint density at radius 2 is 1.58 bits per heavy atom. The van der Waals surface area contributed by atoms with E-state index in [1.54, 1.807) is 55.5 Å². The SMILES string of the molecule is CCOC(=O)c1ccc(NC(=O)CC(=O)Nc2ccccc2OC)cc1. The molecule has 0 aliphatic rings. The molecule has 0 saturated heterocycles. The predicted molar refractivity (Wildman–Crippen MR) is 97.3 cm³/mol. The second-order valence-electron chi connectivity index (χ2n) is 5.27. The third-order valence-corrected chi connectivity index (χ3v) is 3.38. The van der Waals surface area contributed by atoms with E-state index in [1.807, 2.05) is 0 Å². The van der Waals surface area contributed by atoms with Crippen LogP contribution >= 0.6 is 0 Å². The van der Waals surface area contributed by atoms with Crippen molar-refractivity contribution in [1.29, 1.82) is 0 Å². The Balaban J connectivity index is 1.89. The second kappa shape index (κ2) is 9.22. The Hall–Kier alpha value is -3.35. The van der Waals surface area contributed by atoms with Crippen molar-refractivity contribution in [2.75, 3.05) is 24.4 Å². The van der Waals surface area contributed by atoms with Gasteiger partial charge in [0.25, 0.3) is 0 Å². The van der Waals surface area contributed by atoms with Crippen LogP contribution in [0.1, 0.15) is 23.7 Å². The number of benzene rings is 2. The molecule has 7 heteroatoms. The maximum absolute atomic E-state index is 12.0. The van der Waals surface area contributed by atoms with Gasteiger partial charge in [-0.2, -0.15) is 0 Å². The first kappa shape index (κ1) is 19.0. The van der Waals surface area contributed by atoms with Crippen LogP contribution in [0.25, 0.3) is 0 Å². The van der Waals surface area contributed by atoms with Gasteiger partial charge in [0.2, 0.25) is 11.8 Å². The van der Waals surface area contributed by atoms with Gasteiger partial charge in [0.15, 0.2) is 0 Å². The molecule has 136 valence electrons. The van der Waals surface area contributed by atoms with E-state index in [9.17, 15) is 14.4 Å². The molecule has 0 unspecified atom stereocenters. The van der Waals surface area contributed by atoms with Crippen LogP contribution in [0.4, 0.5) is 11.4 Å². The van der Waals surface area contributed by atoms with Gasteiger partial charge in [-0.1, -0.05) is 12.1 Å². The molecule has 0 bridgehead atoms. The number of rotatable bonds is 7. The third-order valence-electron chi connectivity index (χ3n) is 3.38. The van der Waals surface area contributed by atoms with Gasteiger partial charge in [-0.05, 0) is 43.3 Å². The van der Waals surface area contributed by atoms with E-state index >= 15 is 0 Å². The molecule has 7 nitrogen and oxygen atoms in total. The fraction of sp³-hybridized carbons (Fsp3) is 0.211. The number of amides is 2. The lowest BCUT2D eigenvalue weighted by Crippen LogP contribution is -2.21. The summed E-state index contributed by atoms with van der Waals surface area (Å²) in [5.74, 6) is -0.853. The molecule has 0 atom stereocenters. The van der Waals surface area contributed by atoms with E-state index in [2.05, 4.69) is 10.6 Å². The molecular formula is C19H20N2O5. The van der Waals surface area contributed by atoms with Crippen LogP contribution in [-0.4, -0.2) is 31.5 Å². The average Bonchev–Trinajstić information content (AvgIpc) is 2.62. The van der Waals surface area contributed by atoms with Crippen LogP contribution in [0, 0.1) is 0 Å². The maximum Gasteiger partial charge on any atom is 0.338 e. The van der Waals surface area contributed by atoms with Gasteiger partial charge in [-0.15, -0.1) is 0 Å².